The number of aliphatic carboxylic acids is 1. The number of hydrogen-bond acceptors (Lipinski definition) is 4. The molecule has 22 heavy (non-hydrogen) atoms. The Morgan fingerprint density at radius 2 is 2.05 bits per heavy atom. The number of rotatable bonds is 7. The van der Waals surface area contributed by atoms with Crippen LogP contribution in [-0.2, 0) is 20.5 Å². The number of carboxylic acids is 1. The number of amides is 1. The molecule has 6 nitrogen and oxygen atoms in total. The molecule has 0 heterocycles. The van der Waals surface area contributed by atoms with Gasteiger partial charge in [0.1, 0.15) is 5.75 Å². The molecule has 1 aromatic rings. The van der Waals surface area contributed by atoms with Crippen LogP contribution in [0.25, 0.3) is 0 Å². The number of carbonyl (C=O) groups excluding carboxylic acids is 1. The fourth-order valence-corrected chi connectivity index (χ4v) is 1.44. The molecule has 0 aromatic heterocycles. The molecule has 0 spiro atoms. The van der Waals surface area contributed by atoms with E-state index in [1.54, 1.807) is 0 Å². The largest absolute Gasteiger partial charge is 0.484 e. The standard InChI is InChI=1S/C13H14F3NO5/c1-21-10(12(19)20)6-17-11(18)7-22-9-4-2-3-8(5-9)13(14,15)16/h2-5,10H,6-7H2,1H3,(H,17,18)(H,19,20). The second-order valence-corrected chi connectivity index (χ2v) is 4.18. The van der Waals surface area contributed by atoms with Crippen LogP contribution in [0.3, 0.4) is 0 Å². The van der Waals surface area contributed by atoms with Crippen molar-refractivity contribution in [3.8, 4) is 5.75 Å². The van der Waals surface area contributed by atoms with Crippen LogP contribution in [-0.4, -0.2) is 43.3 Å². The zero-order valence-electron chi connectivity index (χ0n) is 11.5. The zero-order chi connectivity index (χ0) is 16.8. The summed E-state index contributed by atoms with van der Waals surface area (Å²) < 4.78 is 47.0. The highest BCUT2D eigenvalue weighted by atomic mass is 19.4. The number of ether oxygens (including phenoxy) is 2. The van der Waals surface area contributed by atoms with E-state index < -0.39 is 36.3 Å². The summed E-state index contributed by atoms with van der Waals surface area (Å²) in [5, 5.41) is 10.9. The molecule has 9 heteroatoms. The average molecular weight is 321 g/mol. The normalized spacial score (nSPS) is 12.5. The van der Waals surface area contributed by atoms with Crippen LogP contribution in [0.5, 0.6) is 5.75 Å². The second kappa shape index (κ2) is 7.64. The third kappa shape index (κ3) is 5.60. The van der Waals surface area contributed by atoms with Crippen LogP contribution in [0.2, 0.25) is 0 Å². The highest BCUT2D eigenvalue weighted by Gasteiger charge is 2.30. The molecule has 0 aliphatic rings. The molecule has 1 atom stereocenters. The monoisotopic (exact) mass is 321 g/mol. The van der Waals surface area contributed by atoms with Gasteiger partial charge in [-0.3, -0.25) is 4.79 Å². The van der Waals surface area contributed by atoms with Gasteiger partial charge in [0.15, 0.2) is 12.7 Å². The van der Waals surface area contributed by atoms with Crippen molar-refractivity contribution >= 4 is 11.9 Å². The van der Waals surface area contributed by atoms with E-state index in [2.05, 4.69) is 10.1 Å². The summed E-state index contributed by atoms with van der Waals surface area (Å²) in [5.41, 5.74) is -0.893. The van der Waals surface area contributed by atoms with Gasteiger partial charge in [-0.2, -0.15) is 13.2 Å². The molecular weight excluding hydrogens is 307 g/mol. The summed E-state index contributed by atoms with van der Waals surface area (Å²) in [7, 11) is 1.17. The topological polar surface area (TPSA) is 84.9 Å². The Morgan fingerprint density at radius 3 is 2.59 bits per heavy atom. The van der Waals surface area contributed by atoms with Gasteiger partial charge in [0, 0.05) is 7.11 Å². The highest BCUT2D eigenvalue weighted by molar-refractivity contribution is 5.79. The van der Waals surface area contributed by atoms with Gasteiger partial charge < -0.3 is 19.9 Å². The molecule has 0 fully saturated rings. The molecule has 0 bridgehead atoms. The number of carboxylic acid groups (broad SMARTS) is 1. The lowest BCUT2D eigenvalue weighted by molar-refractivity contribution is -0.148. The van der Waals surface area contributed by atoms with Gasteiger partial charge in [0.05, 0.1) is 12.1 Å². The molecule has 1 unspecified atom stereocenters. The predicted molar refractivity (Wildman–Crippen MR) is 68.4 cm³/mol. The van der Waals surface area contributed by atoms with E-state index in [9.17, 15) is 22.8 Å². The average Bonchev–Trinajstić information content (AvgIpc) is 2.45. The Morgan fingerprint density at radius 1 is 1.36 bits per heavy atom. The lowest BCUT2D eigenvalue weighted by Crippen LogP contribution is -2.39. The Bertz CT molecular complexity index is 533. The van der Waals surface area contributed by atoms with Crippen LogP contribution in [0.1, 0.15) is 5.56 Å². The summed E-state index contributed by atoms with van der Waals surface area (Å²) >= 11 is 0. The molecule has 1 amide bonds. The lowest BCUT2D eigenvalue weighted by Gasteiger charge is -2.12. The maximum Gasteiger partial charge on any atom is 0.416 e. The number of carbonyl (C=O) groups is 2. The summed E-state index contributed by atoms with van der Waals surface area (Å²) in [6, 6.07) is 4.07. The van der Waals surface area contributed by atoms with Crippen molar-refractivity contribution in [2.45, 2.75) is 12.3 Å². The molecular formula is C13H14F3NO5. The molecule has 0 saturated carbocycles. The fraction of sp³-hybridized carbons (Fsp3) is 0.385. The Hall–Kier alpha value is -2.29. The van der Waals surface area contributed by atoms with Gasteiger partial charge in [-0.15, -0.1) is 0 Å². The van der Waals surface area contributed by atoms with Crippen LogP contribution in [0.15, 0.2) is 24.3 Å². The van der Waals surface area contributed by atoms with Crippen molar-refractivity contribution in [1.29, 1.82) is 0 Å². The summed E-state index contributed by atoms with van der Waals surface area (Å²) in [6.45, 7) is -0.825. The van der Waals surface area contributed by atoms with Crippen molar-refractivity contribution in [1.82, 2.24) is 5.32 Å². The number of methoxy groups -OCH3 is 1. The van der Waals surface area contributed by atoms with Gasteiger partial charge in [-0.1, -0.05) is 6.07 Å². The van der Waals surface area contributed by atoms with E-state index in [1.807, 2.05) is 0 Å². The van der Waals surface area contributed by atoms with E-state index in [1.165, 1.54) is 13.2 Å². The van der Waals surface area contributed by atoms with Crippen molar-refractivity contribution < 1.29 is 37.3 Å². The summed E-state index contributed by atoms with van der Waals surface area (Å²) in [6.07, 6.45) is -5.72. The summed E-state index contributed by atoms with van der Waals surface area (Å²) in [4.78, 5) is 22.1. The first-order chi connectivity index (χ1) is 10.2. The smallest absolute Gasteiger partial charge is 0.416 e. The number of nitrogens with one attached hydrogen (secondary N) is 1. The molecule has 0 aliphatic carbocycles. The number of benzene rings is 1. The van der Waals surface area contributed by atoms with Gasteiger partial charge in [-0.25, -0.2) is 4.79 Å². The summed E-state index contributed by atoms with van der Waals surface area (Å²) in [5.74, 6) is -2.05. The molecule has 0 radical (unpaired) electrons. The third-order valence-electron chi connectivity index (χ3n) is 2.58. The van der Waals surface area contributed by atoms with Crippen LogP contribution in [0, 0.1) is 0 Å². The minimum atomic E-state index is -4.51. The minimum Gasteiger partial charge on any atom is -0.484 e. The van der Waals surface area contributed by atoms with Crippen LogP contribution in [0.4, 0.5) is 13.2 Å². The maximum atomic E-state index is 12.5. The van der Waals surface area contributed by atoms with Crippen molar-refractivity contribution in [2.24, 2.45) is 0 Å². The number of halogens is 3. The first-order valence-corrected chi connectivity index (χ1v) is 6.06. The van der Waals surface area contributed by atoms with Gasteiger partial charge in [0.25, 0.3) is 5.91 Å². The van der Waals surface area contributed by atoms with Gasteiger partial charge in [-0.05, 0) is 18.2 Å². The van der Waals surface area contributed by atoms with Gasteiger partial charge in [0.2, 0.25) is 0 Å². The SMILES string of the molecule is COC(CNC(=O)COc1cccc(C(F)(F)F)c1)C(=O)O. The van der Waals surface area contributed by atoms with Gasteiger partial charge >= 0.3 is 12.1 Å². The van der Waals surface area contributed by atoms with E-state index >= 15 is 0 Å². The molecule has 1 aromatic carbocycles. The Balaban J connectivity index is 2.49. The van der Waals surface area contributed by atoms with Crippen LogP contribution >= 0.6 is 0 Å². The first kappa shape index (κ1) is 17.8. The maximum absolute atomic E-state index is 12.5. The molecule has 122 valence electrons. The third-order valence-corrected chi connectivity index (χ3v) is 2.58. The van der Waals surface area contributed by atoms with E-state index in [-0.39, 0.29) is 12.3 Å². The molecule has 0 saturated heterocycles. The fourth-order valence-electron chi connectivity index (χ4n) is 1.44. The van der Waals surface area contributed by atoms with Crippen molar-refractivity contribution in [2.75, 3.05) is 20.3 Å². The first-order valence-electron chi connectivity index (χ1n) is 6.06. The number of hydrogen-bond donors (Lipinski definition) is 2. The molecule has 1 rings (SSSR count). The molecule has 0 aliphatic heterocycles. The van der Waals surface area contributed by atoms with E-state index in [0.717, 1.165) is 18.2 Å². The lowest BCUT2D eigenvalue weighted by atomic mass is 10.2. The van der Waals surface area contributed by atoms with E-state index in [0.29, 0.717) is 0 Å². The van der Waals surface area contributed by atoms with Crippen LogP contribution < -0.4 is 10.1 Å². The minimum absolute atomic E-state index is 0.119. The quantitative estimate of drug-likeness (QED) is 0.791. The zero-order valence-corrected chi connectivity index (χ0v) is 11.5. The second-order valence-electron chi connectivity index (χ2n) is 4.18. The highest BCUT2D eigenvalue weighted by Crippen LogP contribution is 2.31. The van der Waals surface area contributed by atoms with Crippen molar-refractivity contribution in [3.05, 3.63) is 29.8 Å². The Kier molecular flexibility index (Phi) is 6.17. The number of alkyl halides is 3. The predicted octanol–water partition coefficient (Wildman–Crippen LogP) is 1.30. The van der Waals surface area contributed by atoms with Crippen molar-refractivity contribution in [3.63, 3.8) is 0 Å². The Labute approximate surface area is 123 Å². The molecule has 2 N–H and O–H groups in total. The van der Waals surface area contributed by atoms with E-state index in [4.69, 9.17) is 9.84 Å².